The van der Waals surface area contributed by atoms with Crippen molar-refractivity contribution in [1.82, 2.24) is 10.2 Å². The summed E-state index contributed by atoms with van der Waals surface area (Å²) >= 11 is 4.91. The van der Waals surface area contributed by atoms with E-state index in [4.69, 9.17) is 0 Å². The van der Waals surface area contributed by atoms with Crippen molar-refractivity contribution in [2.75, 3.05) is 7.05 Å². The van der Waals surface area contributed by atoms with Crippen LogP contribution in [0.5, 0.6) is 5.75 Å². The average Bonchev–Trinajstić information content (AvgIpc) is 2.90. The van der Waals surface area contributed by atoms with E-state index in [1.807, 2.05) is 11.4 Å². The molecule has 1 heterocycles. The molecule has 124 valence electrons. The van der Waals surface area contributed by atoms with Crippen LogP contribution in [0.15, 0.2) is 40.2 Å². The molecule has 0 fully saturated rings. The Balaban J connectivity index is 1.91. The first-order chi connectivity index (χ1) is 11.0. The van der Waals surface area contributed by atoms with Crippen LogP contribution in [0, 0.1) is 0 Å². The Morgan fingerprint density at radius 3 is 2.83 bits per heavy atom. The molecule has 0 aliphatic carbocycles. The molecule has 23 heavy (non-hydrogen) atoms. The van der Waals surface area contributed by atoms with Gasteiger partial charge in [-0.3, -0.25) is 0 Å². The van der Waals surface area contributed by atoms with Gasteiger partial charge in [0.15, 0.2) is 0 Å². The van der Waals surface area contributed by atoms with E-state index in [1.54, 1.807) is 36.6 Å². The van der Waals surface area contributed by atoms with Crippen LogP contribution in [0.4, 0.5) is 13.6 Å². The lowest BCUT2D eigenvalue weighted by Gasteiger charge is -2.18. The lowest BCUT2D eigenvalue weighted by molar-refractivity contribution is -0.0504. The van der Waals surface area contributed by atoms with Crippen molar-refractivity contribution in [2.45, 2.75) is 19.7 Å². The molecule has 1 aromatic carbocycles. The van der Waals surface area contributed by atoms with Gasteiger partial charge in [-0.1, -0.05) is 18.2 Å². The van der Waals surface area contributed by atoms with Crippen LogP contribution >= 0.6 is 27.3 Å². The molecule has 8 heteroatoms. The minimum absolute atomic E-state index is 0.0626. The molecule has 0 bridgehead atoms. The summed E-state index contributed by atoms with van der Waals surface area (Å²) in [5.41, 5.74) is 0.494. The molecule has 0 saturated carbocycles. The smallest absolute Gasteiger partial charge is 0.387 e. The van der Waals surface area contributed by atoms with Crippen LogP contribution < -0.4 is 10.1 Å². The summed E-state index contributed by atoms with van der Waals surface area (Å²) in [6, 6.07) is 8.03. The van der Waals surface area contributed by atoms with Crippen LogP contribution in [0.1, 0.15) is 10.4 Å². The number of alkyl halides is 2. The maximum Gasteiger partial charge on any atom is 0.387 e. The van der Waals surface area contributed by atoms with Crippen LogP contribution in [-0.4, -0.2) is 24.6 Å². The van der Waals surface area contributed by atoms with E-state index in [0.717, 1.165) is 9.35 Å². The second-order valence-electron chi connectivity index (χ2n) is 4.73. The maximum atomic E-state index is 12.4. The first kappa shape index (κ1) is 17.7. The second kappa shape index (κ2) is 8.26. The highest BCUT2D eigenvalue weighted by Crippen LogP contribution is 2.21. The fraction of sp³-hybridized carbons (Fsp3) is 0.267. The number of nitrogens with one attached hydrogen (secondary N) is 1. The van der Waals surface area contributed by atoms with Crippen LogP contribution in [-0.2, 0) is 13.1 Å². The van der Waals surface area contributed by atoms with E-state index in [2.05, 4.69) is 26.0 Å². The molecule has 0 saturated heterocycles. The van der Waals surface area contributed by atoms with Gasteiger partial charge in [0.05, 0.1) is 6.54 Å². The number of carbonyl (C=O) groups is 1. The molecule has 2 rings (SSSR count). The van der Waals surface area contributed by atoms with Crippen molar-refractivity contribution in [1.29, 1.82) is 0 Å². The number of ether oxygens (including phenoxy) is 1. The maximum absolute atomic E-state index is 12.4. The number of benzene rings is 1. The van der Waals surface area contributed by atoms with Gasteiger partial charge in [-0.05, 0) is 28.1 Å². The molecule has 2 amide bonds. The number of hydrogen-bond donors (Lipinski definition) is 1. The summed E-state index contributed by atoms with van der Waals surface area (Å²) in [6.07, 6.45) is 0. The van der Waals surface area contributed by atoms with Crippen molar-refractivity contribution in [3.05, 3.63) is 50.6 Å². The van der Waals surface area contributed by atoms with E-state index in [1.165, 1.54) is 11.0 Å². The molecule has 0 unspecified atom stereocenters. The lowest BCUT2D eigenvalue weighted by atomic mass is 10.2. The SMILES string of the molecule is CN(Cc1cc(Br)cs1)C(=O)NCc1ccccc1OC(F)F. The highest BCUT2D eigenvalue weighted by atomic mass is 79.9. The van der Waals surface area contributed by atoms with Crippen molar-refractivity contribution in [2.24, 2.45) is 0 Å². The van der Waals surface area contributed by atoms with Gasteiger partial charge in [0.25, 0.3) is 0 Å². The predicted molar refractivity (Wildman–Crippen MR) is 88.8 cm³/mol. The Labute approximate surface area is 145 Å². The quantitative estimate of drug-likeness (QED) is 0.772. The number of para-hydroxylation sites is 1. The number of amides is 2. The standard InChI is InChI=1S/C15H15BrF2N2O2S/c1-20(8-12-6-11(16)9-23-12)15(21)19-7-10-4-2-3-5-13(10)22-14(17)18/h2-6,9,14H,7-8H2,1H3,(H,19,21). The average molecular weight is 405 g/mol. The number of halogens is 3. The molecular formula is C15H15BrF2N2O2S. The van der Waals surface area contributed by atoms with Gasteiger partial charge >= 0.3 is 12.6 Å². The topological polar surface area (TPSA) is 41.6 Å². The number of urea groups is 1. The molecule has 0 atom stereocenters. The van der Waals surface area contributed by atoms with Crippen LogP contribution in [0.2, 0.25) is 0 Å². The molecule has 0 aliphatic rings. The van der Waals surface area contributed by atoms with E-state index >= 15 is 0 Å². The van der Waals surface area contributed by atoms with E-state index in [0.29, 0.717) is 12.1 Å². The third-order valence-electron chi connectivity index (χ3n) is 2.98. The summed E-state index contributed by atoms with van der Waals surface area (Å²) in [5.74, 6) is 0.0626. The van der Waals surface area contributed by atoms with Crippen LogP contribution in [0.3, 0.4) is 0 Å². The first-order valence-electron chi connectivity index (χ1n) is 6.70. The zero-order chi connectivity index (χ0) is 16.8. The predicted octanol–water partition coefficient (Wildman–Crippen LogP) is 4.45. The lowest BCUT2D eigenvalue weighted by Crippen LogP contribution is -2.36. The Morgan fingerprint density at radius 1 is 1.43 bits per heavy atom. The van der Waals surface area contributed by atoms with Gasteiger partial charge in [0.1, 0.15) is 5.75 Å². The highest BCUT2D eigenvalue weighted by molar-refractivity contribution is 9.10. The van der Waals surface area contributed by atoms with E-state index in [-0.39, 0.29) is 18.3 Å². The summed E-state index contributed by atoms with van der Waals surface area (Å²) in [4.78, 5) is 14.6. The number of thiophene rings is 1. The first-order valence-corrected chi connectivity index (χ1v) is 8.37. The van der Waals surface area contributed by atoms with Gasteiger partial charge in [0.2, 0.25) is 0 Å². The Hall–Kier alpha value is -1.67. The zero-order valence-corrected chi connectivity index (χ0v) is 14.7. The van der Waals surface area contributed by atoms with Crippen LogP contribution in [0.25, 0.3) is 0 Å². The monoisotopic (exact) mass is 404 g/mol. The number of rotatable bonds is 6. The normalized spacial score (nSPS) is 10.7. The molecule has 2 aromatic rings. The third-order valence-corrected chi connectivity index (χ3v) is 4.66. The highest BCUT2D eigenvalue weighted by Gasteiger charge is 2.13. The van der Waals surface area contributed by atoms with Gasteiger partial charge in [0, 0.05) is 33.9 Å². The molecule has 1 N–H and O–H groups in total. The Bertz CT molecular complexity index is 666. The molecule has 1 aromatic heterocycles. The number of nitrogens with zero attached hydrogens (tertiary/aromatic N) is 1. The molecule has 0 aliphatic heterocycles. The fourth-order valence-corrected chi connectivity index (χ4v) is 3.41. The van der Waals surface area contributed by atoms with Crippen molar-refractivity contribution < 1.29 is 18.3 Å². The Morgan fingerprint density at radius 2 is 2.17 bits per heavy atom. The minimum atomic E-state index is -2.90. The zero-order valence-electron chi connectivity index (χ0n) is 12.3. The second-order valence-corrected chi connectivity index (χ2v) is 6.64. The summed E-state index contributed by atoms with van der Waals surface area (Å²) in [7, 11) is 1.67. The van der Waals surface area contributed by atoms with Gasteiger partial charge in [-0.25, -0.2) is 4.79 Å². The Kier molecular flexibility index (Phi) is 6.35. The van der Waals surface area contributed by atoms with Crippen molar-refractivity contribution >= 4 is 33.3 Å². The van der Waals surface area contributed by atoms with Gasteiger partial charge in [-0.2, -0.15) is 8.78 Å². The fourth-order valence-electron chi connectivity index (χ4n) is 1.91. The summed E-state index contributed by atoms with van der Waals surface area (Å²) in [6.45, 7) is -2.32. The van der Waals surface area contributed by atoms with Crippen molar-refractivity contribution in [3.8, 4) is 5.75 Å². The molecule has 0 radical (unpaired) electrons. The van der Waals surface area contributed by atoms with E-state index < -0.39 is 6.61 Å². The van der Waals surface area contributed by atoms with E-state index in [9.17, 15) is 13.6 Å². The summed E-state index contributed by atoms with van der Waals surface area (Å²) in [5, 5.41) is 4.64. The summed E-state index contributed by atoms with van der Waals surface area (Å²) < 4.78 is 30.1. The largest absolute Gasteiger partial charge is 0.434 e. The van der Waals surface area contributed by atoms with Gasteiger partial charge in [-0.15, -0.1) is 11.3 Å². The van der Waals surface area contributed by atoms with Crippen molar-refractivity contribution in [3.63, 3.8) is 0 Å². The molecule has 4 nitrogen and oxygen atoms in total. The molecule has 0 spiro atoms. The van der Waals surface area contributed by atoms with Gasteiger partial charge < -0.3 is 15.0 Å². The molecular weight excluding hydrogens is 390 g/mol. The number of carbonyl (C=O) groups excluding carboxylic acids is 1. The number of hydrogen-bond acceptors (Lipinski definition) is 3. The minimum Gasteiger partial charge on any atom is -0.434 e. The third kappa shape index (κ3) is 5.47.